The number of rotatable bonds is 3. The van der Waals surface area contributed by atoms with Gasteiger partial charge < -0.3 is 5.32 Å². The van der Waals surface area contributed by atoms with E-state index in [0.717, 1.165) is 39.7 Å². The molecule has 2 aromatic carbocycles. The van der Waals surface area contributed by atoms with Crippen LogP contribution >= 0.6 is 11.3 Å². The molecule has 0 bridgehead atoms. The number of carbonyl (C=O) groups is 1. The number of amides is 1. The molecule has 0 saturated carbocycles. The van der Waals surface area contributed by atoms with Crippen LogP contribution in [0.4, 0.5) is 0 Å². The van der Waals surface area contributed by atoms with E-state index in [9.17, 15) is 9.59 Å². The summed E-state index contributed by atoms with van der Waals surface area (Å²) in [5, 5.41) is 9.13. The van der Waals surface area contributed by atoms with Gasteiger partial charge in [-0.05, 0) is 43.4 Å². The van der Waals surface area contributed by atoms with Gasteiger partial charge >= 0.3 is 0 Å². The first kappa shape index (κ1) is 18.1. The van der Waals surface area contributed by atoms with Gasteiger partial charge in [0.25, 0.3) is 5.56 Å². The zero-order chi connectivity index (χ0) is 20.0. The Morgan fingerprint density at radius 3 is 2.90 bits per heavy atom. The number of nitrogens with zero attached hydrogens (tertiary/aromatic N) is 2. The smallest absolute Gasteiger partial charge is 0.276 e. The average Bonchev–Trinajstić information content (AvgIpc) is 3.13. The van der Waals surface area contributed by atoms with Crippen LogP contribution in [-0.2, 0) is 17.8 Å². The molecule has 0 aliphatic heterocycles. The van der Waals surface area contributed by atoms with Crippen molar-refractivity contribution in [2.45, 2.75) is 38.8 Å². The van der Waals surface area contributed by atoms with Gasteiger partial charge in [0, 0.05) is 10.1 Å². The Morgan fingerprint density at radius 1 is 1.21 bits per heavy atom. The first-order chi connectivity index (χ1) is 14.1. The number of fused-ring (bicyclic) bond motifs is 4. The number of hydrogen-bond acceptors (Lipinski definition) is 4. The summed E-state index contributed by atoms with van der Waals surface area (Å²) < 4.78 is 3.26. The summed E-state index contributed by atoms with van der Waals surface area (Å²) in [6, 6.07) is 16.1. The van der Waals surface area contributed by atoms with Gasteiger partial charge in [-0.25, -0.2) is 4.68 Å². The van der Waals surface area contributed by atoms with Gasteiger partial charge in [-0.1, -0.05) is 42.5 Å². The molecule has 0 unspecified atom stereocenters. The molecular weight excluding hydrogens is 382 g/mol. The fraction of sp³-hybridized carbons (Fsp3) is 0.261. The Morgan fingerprint density at radius 2 is 2.00 bits per heavy atom. The molecule has 1 amide bonds. The van der Waals surface area contributed by atoms with Crippen LogP contribution in [0, 0.1) is 6.92 Å². The first-order valence-electron chi connectivity index (χ1n) is 9.88. The van der Waals surface area contributed by atoms with Crippen molar-refractivity contribution in [1.82, 2.24) is 15.1 Å². The summed E-state index contributed by atoms with van der Waals surface area (Å²) in [5.41, 5.74) is 3.04. The molecule has 4 aromatic rings. The van der Waals surface area contributed by atoms with E-state index in [1.807, 2.05) is 43.3 Å². The molecule has 0 spiro atoms. The summed E-state index contributed by atoms with van der Waals surface area (Å²) in [6.07, 6.45) is 3.01. The largest absolute Gasteiger partial charge is 0.348 e. The summed E-state index contributed by atoms with van der Waals surface area (Å²) in [6.45, 7) is 1.82. The number of thiophene rings is 1. The average molecular weight is 404 g/mol. The van der Waals surface area contributed by atoms with Crippen molar-refractivity contribution in [2.75, 3.05) is 0 Å². The predicted octanol–water partition coefficient (Wildman–Crippen LogP) is 4.11. The van der Waals surface area contributed by atoms with Gasteiger partial charge in [-0.15, -0.1) is 11.3 Å². The van der Waals surface area contributed by atoms with Gasteiger partial charge in [-0.3, -0.25) is 9.59 Å². The second-order valence-corrected chi connectivity index (χ2v) is 8.61. The Kier molecular flexibility index (Phi) is 4.43. The van der Waals surface area contributed by atoms with E-state index in [0.29, 0.717) is 5.39 Å². The molecule has 0 fully saturated rings. The van der Waals surface area contributed by atoms with Crippen molar-refractivity contribution < 1.29 is 4.79 Å². The fourth-order valence-electron chi connectivity index (χ4n) is 4.30. The first-order valence-corrected chi connectivity index (χ1v) is 10.7. The van der Waals surface area contributed by atoms with E-state index in [1.165, 1.54) is 15.8 Å². The van der Waals surface area contributed by atoms with E-state index in [4.69, 9.17) is 0 Å². The van der Waals surface area contributed by atoms with Crippen LogP contribution in [0.5, 0.6) is 0 Å². The maximum absolute atomic E-state index is 13.1. The maximum Gasteiger partial charge on any atom is 0.276 e. The van der Waals surface area contributed by atoms with Gasteiger partial charge in [0.2, 0.25) is 5.91 Å². The molecule has 2 aromatic heterocycles. The third-order valence-electron chi connectivity index (χ3n) is 5.64. The lowest BCUT2D eigenvalue weighted by Gasteiger charge is -2.26. The molecule has 1 N–H and O–H groups in total. The van der Waals surface area contributed by atoms with Crippen molar-refractivity contribution in [3.8, 4) is 0 Å². The van der Waals surface area contributed by atoms with Crippen molar-refractivity contribution in [2.24, 2.45) is 0 Å². The third-order valence-corrected chi connectivity index (χ3v) is 6.92. The summed E-state index contributed by atoms with van der Waals surface area (Å²) >= 11 is 1.57. The topological polar surface area (TPSA) is 64.0 Å². The number of aromatic nitrogens is 2. The highest BCUT2D eigenvalue weighted by molar-refractivity contribution is 7.26. The van der Waals surface area contributed by atoms with Crippen molar-refractivity contribution in [1.29, 1.82) is 0 Å². The minimum Gasteiger partial charge on any atom is -0.348 e. The fourth-order valence-corrected chi connectivity index (χ4v) is 5.43. The molecule has 1 atom stereocenters. The van der Waals surface area contributed by atoms with Crippen LogP contribution in [0.2, 0.25) is 0 Å². The molecule has 1 aliphatic carbocycles. The van der Waals surface area contributed by atoms with Gasteiger partial charge in [0.05, 0.1) is 21.8 Å². The van der Waals surface area contributed by atoms with Crippen LogP contribution in [0.15, 0.2) is 53.3 Å². The molecule has 1 aliphatic rings. The van der Waals surface area contributed by atoms with Crippen LogP contribution < -0.4 is 10.9 Å². The van der Waals surface area contributed by atoms with Crippen LogP contribution in [-0.4, -0.2) is 15.7 Å². The van der Waals surface area contributed by atoms with E-state index in [2.05, 4.69) is 22.5 Å². The minimum absolute atomic E-state index is 0.00467. The zero-order valence-corrected chi connectivity index (χ0v) is 17.0. The lowest BCUT2D eigenvalue weighted by Crippen LogP contribution is -2.37. The lowest BCUT2D eigenvalue weighted by atomic mass is 9.88. The van der Waals surface area contributed by atoms with Crippen molar-refractivity contribution in [3.05, 3.63) is 75.7 Å². The number of benzene rings is 2. The third kappa shape index (κ3) is 3.13. The monoisotopic (exact) mass is 403 g/mol. The van der Waals surface area contributed by atoms with Crippen molar-refractivity contribution >= 4 is 37.4 Å². The summed E-state index contributed by atoms with van der Waals surface area (Å²) in [4.78, 5) is 25.9. The quantitative estimate of drug-likeness (QED) is 0.560. The Hall–Kier alpha value is -2.99. The molecule has 6 heteroatoms. The van der Waals surface area contributed by atoms with Crippen molar-refractivity contribution in [3.63, 3.8) is 0 Å². The molecule has 5 nitrogen and oxygen atoms in total. The van der Waals surface area contributed by atoms with Gasteiger partial charge in [0.1, 0.15) is 6.54 Å². The van der Waals surface area contributed by atoms with Crippen LogP contribution in [0.25, 0.3) is 20.2 Å². The van der Waals surface area contributed by atoms with Gasteiger partial charge in [-0.2, -0.15) is 5.10 Å². The Bertz CT molecular complexity index is 1300. The minimum atomic E-state index is -0.206. The molecular formula is C23H21N3O2S. The summed E-state index contributed by atoms with van der Waals surface area (Å²) in [7, 11) is 0. The number of nitrogens with one attached hydrogen (secondary N) is 1. The zero-order valence-electron chi connectivity index (χ0n) is 16.1. The molecule has 29 heavy (non-hydrogen) atoms. The second-order valence-electron chi connectivity index (χ2n) is 7.56. The van der Waals surface area contributed by atoms with E-state index in [1.54, 1.807) is 11.3 Å². The predicted molar refractivity (Wildman–Crippen MR) is 116 cm³/mol. The van der Waals surface area contributed by atoms with E-state index >= 15 is 0 Å². The normalized spacial score (nSPS) is 16.1. The number of hydrogen-bond donors (Lipinski definition) is 1. The number of carbonyl (C=O) groups excluding carboxylic acids is 1. The number of aryl methyl sites for hydroxylation is 2. The van der Waals surface area contributed by atoms with Gasteiger partial charge in [0.15, 0.2) is 0 Å². The SMILES string of the molecule is Cc1nn(CC(=O)N[C@@H]2CCCc3ccccc32)c(=O)c2c1sc1ccccc12. The molecule has 5 rings (SSSR count). The molecule has 146 valence electrons. The highest BCUT2D eigenvalue weighted by Gasteiger charge is 2.22. The highest BCUT2D eigenvalue weighted by Crippen LogP contribution is 2.33. The Labute approximate surface area is 172 Å². The van der Waals surface area contributed by atoms with Crippen LogP contribution in [0.3, 0.4) is 0 Å². The standard InChI is InChI=1S/C23H21N3O2S/c1-14-22-21(17-10-4-5-12-19(17)29-22)23(28)26(25-14)13-20(27)24-18-11-6-8-15-7-2-3-9-16(15)18/h2-5,7,9-10,12,18H,6,8,11,13H2,1H3,(H,24,27)/t18-/m1/s1. The lowest BCUT2D eigenvalue weighted by molar-refractivity contribution is -0.122. The molecule has 0 saturated heterocycles. The second kappa shape index (κ2) is 7.12. The molecule has 2 heterocycles. The van der Waals surface area contributed by atoms with E-state index < -0.39 is 0 Å². The molecule has 0 radical (unpaired) electrons. The maximum atomic E-state index is 13.1. The Balaban J connectivity index is 1.46. The highest BCUT2D eigenvalue weighted by atomic mass is 32.1. The van der Waals surface area contributed by atoms with E-state index in [-0.39, 0.29) is 24.1 Å². The summed E-state index contributed by atoms with van der Waals surface area (Å²) in [5.74, 6) is -0.181. The van der Waals surface area contributed by atoms with Crippen LogP contribution in [0.1, 0.15) is 35.7 Å².